The minimum Gasteiger partial charge on any atom is -0.445 e. The van der Waals surface area contributed by atoms with E-state index in [1.54, 1.807) is 54.6 Å². The molecule has 0 bridgehead atoms. The number of amides is 2. The van der Waals surface area contributed by atoms with Crippen LogP contribution < -0.4 is 4.90 Å². The van der Waals surface area contributed by atoms with Gasteiger partial charge < -0.3 is 4.74 Å². The topological polar surface area (TPSA) is 124 Å². The van der Waals surface area contributed by atoms with E-state index in [2.05, 4.69) is 0 Å². The Morgan fingerprint density at radius 3 is 2.08 bits per heavy atom. The molecule has 4 aromatic rings. The first-order valence-corrected chi connectivity index (χ1v) is 12.0. The molecule has 9 nitrogen and oxygen atoms in total. The van der Waals surface area contributed by atoms with E-state index in [4.69, 9.17) is 16.3 Å². The molecule has 192 valence electrons. The lowest BCUT2D eigenvalue weighted by atomic mass is 9.99. The van der Waals surface area contributed by atoms with Crippen LogP contribution in [-0.2, 0) is 4.74 Å². The Balaban J connectivity index is 1.43. The third-order valence-electron chi connectivity index (χ3n) is 6.14. The van der Waals surface area contributed by atoms with Crippen molar-refractivity contribution in [3.8, 4) is 0 Å². The number of rotatable bonds is 7. The zero-order valence-corrected chi connectivity index (χ0v) is 20.7. The van der Waals surface area contributed by atoms with Crippen molar-refractivity contribution in [1.29, 1.82) is 0 Å². The number of nitro groups is 1. The lowest BCUT2D eigenvalue weighted by Crippen LogP contribution is -2.29. The van der Waals surface area contributed by atoms with Crippen LogP contribution in [-0.4, -0.2) is 28.5 Å². The van der Waals surface area contributed by atoms with E-state index in [1.165, 1.54) is 42.5 Å². The molecule has 39 heavy (non-hydrogen) atoms. The second-order valence-electron chi connectivity index (χ2n) is 8.55. The smallest absolute Gasteiger partial charge is 0.339 e. The van der Waals surface area contributed by atoms with E-state index in [0.717, 1.165) is 4.90 Å². The van der Waals surface area contributed by atoms with Gasteiger partial charge in [0.2, 0.25) is 5.78 Å². The maximum Gasteiger partial charge on any atom is 0.339 e. The van der Waals surface area contributed by atoms with Crippen LogP contribution >= 0.6 is 11.6 Å². The van der Waals surface area contributed by atoms with Gasteiger partial charge in [-0.2, -0.15) is 0 Å². The molecule has 1 atom stereocenters. The van der Waals surface area contributed by atoms with Gasteiger partial charge in [0.1, 0.15) is 0 Å². The van der Waals surface area contributed by atoms with Gasteiger partial charge in [-0.15, -0.1) is 0 Å². The number of nitrogens with zero attached hydrogens (tertiary/aromatic N) is 2. The zero-order chi connectivity index (χ0) is 27.7. The molecular weight excluding hydrogens is 524 g/mol. The van der Waals surface area contributed by atoms with E-state index in [-0.39, 0.29) is 28.1 Å². The number of halogens is 1. The summed E-state index contributed by atoms with van der Waals surface area (Å²) in [4.78, 5) is 63.8. The van der Waals surface area contributed by atoms with Gasteiger partial charge >= 0.3 is 5.97 Å². The second kappa shape index (κ2) is 10.3. The summed E-state index contributed by atoms with van der Waals surface area (Å²) in [6.07, 6.45) is -1.29. The first kappa shape index (κ1) is 25.5. The molecule has 0 saturated carbocycles. The molecule has 1 aliphatic heterocycles. The van der Waals surface area contributed by atoms with E-state index < -0.39 is 34.6 Å². The Bertz CT molecular complexity index is 1640. The first-order valence-electron chi connectivity index (χ1n) is 11.6. The molecule has 0 aromatic heterocycles. The number of fused-ring (bicyclic) bond motifs is 1. The molecule has 0 aliphatic carbocycles. The average Bonchev–Trinajstić information content (AvgIpc) is 3.21. The number of nitro benzene ring substituents is 1. The number of ketones is 1. The fraction of sp³-hybridized carbons (Fsp3) is 0.0345. The molecule has 1 heterocycles. The predicted molar refractivity (Wildman–Crippen MR) is 141 cm³/mol. The monoisotopic (exact) mass is 540 g/mol. The van der Waals surface area contributed by atoms with Crippen LogP contribution in [0, 0.1) is 10.1 Å². The van der Waals surface area contributed by atoms with Crippen molar-refractivity contribution in [1.82, 2.24) is 0 Å². The van der Waals surface area contributed by atoms with Gasteiger partial charge in [-0.05, 0) is 42.5 Å². The first-order chi connectivity index (χ1) is 18.7. The number of imide groups is 1. The molecule has 4 aromatic carbocycles. The summed E-state index contributed by atoms with van der Waals surface area (Å²) in [5.74, 6) is -2.67. The standard InChI is InChI=1S/C29H17ClN2O7/c30-20-9-6-18(7-10-20)26(25(33)17-4-2-1-3-5-17)39-29(36)19-8-15-23-24(16-19)28(35)31(27(23)34)21-11-13-22(14-12-21)32(37)38/h1-16,26H/t26-/m1/s1. The van der Waals surface area contributed by atoms with Gasteiger partial charge in [-0.25, -0.2) is 9.69 Å². The normalized spacial score (nSPS) is 13.1. The van der Waals surface area contributed by atoms with Crippen molar-refractivity contribution in [3.63, 3.8) is 0 Å². The van der Waals surface area contributed by atoms with Crippen LogP contribution in [0.3, 0.4) is 0 Å². The average molecular weight is 541 g/mol. The number of ether oxygens (including phenoxy) is 1. The summed E-state index contributed by atoms with van der Waals surface area (Å²) < 4.78 is 5.64. The summed E-state index contributed by atoms with van der Waals surface area (Å²) in [5, 5.41) is 11.4. The van der Waals surface area contributed by atoms with Crippen molar-refractivity contribution in [2.45, 2.75) is 6.10 Å². The highest BCUT2D eigenvalue weighted by atomic mass is 35.5. The highest BCUT2D eigenvalue weighted by Crippen LogP contribution is 2.31. The van der Waals surface area contributed by atoms with Crippen molar-refractivity contribution in [2.24, 2.45) is 0 Å². The number of hydrogen-bond acceptors (Lipinski definition) is 7. The van der Waals surface area contributed by atoms with Gasteiger partial charge in [0.25, 0.3) is 17.5 Å². The molecule has 0 fully saturated rings. The Kier molecular flexibility index (Phi) is 6.74. The van der Waals surface area contributed by atoms with Gasteiger partial charge in [-0.3, -0.25) is 24.5 Å². The van der Waals surface area contributed by atoms with E-state index in [0.29, 0.717) is 16.1 Å². The van der Waals surface area contributed by atoms with E-state index in [1.807, 2.05) is 0 Å². The Morgan fingerprint density at radius 1 is 0.795 bits per heavy atom. The molecule has 0 N–H and O–H groups in total. The van der Waals surface area contributed by atoms with Crippen LogP contribution in [0.15, 0.2) is 97.1 Å². The number of non-ortho nitro benzene ring substituents is 1. The molecule has 0 unspecified atom stereocenters. The summed E-state index contributed by atoms with van der Waals surface area (Å²) >= 11 is 5.99. The fourth-order valence-corrected chi connectivity index (χ4v) is 4.29. The maximum atomic E-state index is 13.3. The minimum absolute atomic E-state index is 0.0368. The van der Waals surface area contributed by atoms with Crippen LogP contribution in [0.5, 0.6) is 0 Å². The van der Waals surface area contributed by atoms with Crippen LogP contribution in [0.25, 0.3) is 0 Å². The molecule has 2 amide bonds. The van der Waals surface area contributed by atoms with Crippen LogP contribution in [0.2, 0.25) is 5.02 Å². The zero-order valence-electron chi connectivity index (χ0n) is 19.9. The molecule has 0 radical (unpaired) electrons. The number of carbonyl (C=O) groups is 4. The number of esters is 1. The van der Waals surface area contributed by atoms with Crippen molar-refractivity contribution in [3.05, 3.63) is 140 Å². The SMILES string of the molecule is O=C(O[C@@H](C(=O)c1ccccc1)c1ccc(Cl)cc1)c1ccc2c(c1)C(=O)N(c1ccc([N+](=O)[O-])cc1)C2=O. The van der Waals surface area contributed by atoms with Gasteiger partial charge in [0.05, 0.1) is 27.3 Å². The molecular formula is C29H17ClN2O7. The predicted octanol–water partition coefficient (Wildman–Crippen LogP) is 5.83. The van der Waals surface area contributed by atoms with E-state index >= 15 is 0 Å². The number of benzene rings is 4. The van der Waals surface area contributed by atoms with Crippen molar-refractivity contribution in [2.75, 3.05) is 4.90 Å². The summed E-state index contributed by atoms with van der Waals surface area (Å²) in [7, 11) is 0. The Labute approximate surface area is 226 Å². The second-order valence-corrected chi connectivity index (χ2v) is 8.98. The summed E-state index contributed by atoms with van der Waals surface area (Å²) in [6, 6.07) is 23.5. The quantitative estimate of drug-likeness (QED) is 0.0949. The number of carbonyl (C=O) groups excluding carboxylic acids is 4. The van der Waals surface area contributed by atoms with Crippen molar-refractivity contribution >= 4 is 46.5 Å². The van der Waals surface area contributed by atoms with Gasteiger partial charge in [0, 0.05) is 28.3 Å². The van der Waals surface area contributed by atoms with E-state index in [9.17, 15) is 29.3 Å². The number of Topliss-reactive ketones (excluding diaryl/α,β-unsaturated/α-hetero) is 1. The van der Waals surface area contributed by atoms with Crippen LogP contribution in [0.4, 0.5) is 11.4 Å². The summed E-state index contributed by atoms with van der Waals surface area (Å²) in [5.41, 5.74) is 0.667. The molecule has 0 spiro atoms. The third-order valence-corrected chi connectivity index (χ3v) is 6.39. The highest BCUT2D eigenvalue weighted by molar-refractivity contribution is 6.34. The van der Waals surface area contributed by atoms with Gasteiger partial charge in [-0.1, -0.05) is 54.1 Å². The van der Waals surface area contributed by atoms with Gasteiger partial charge in [0.15, 0.2) is 6.10 Å². The fourth-order valence-electron chi connectivity index (χ4n) is 4.17. The third kappa shape index (κ3) is 4.90. The minimum atomic E-state index is -1.29. The maximum absolute atomic E-state index is 13.3. The van der Waals surface area contributed by atoms with Crippen LogP contribution in [0.1, 0.15) is 53.1 Å². The molecule has 10 heteroatoms. The number of hydrogen-bond donors (Lipinski definition) is 0. The molecule has 1 aliphatic rings. The Morgan fingerprint density at radius 2 is 1.44 bits per heavy atom. The Hall–Kier alpha value is -5.15. The molecule has 5 rings (SSSR count). The van der Waals surface area contributed by atoms with Crippen molar-refractivity contribution < 1.29 is 28.8 Å². The molecule has 0 saturated heterocycles. The summed E-state index contributed by atoms with van der Waals surface area (Å²) in [6.45, 7) is 0. The lowest BCUT2D eigenvalue weighted by molar-refractivity contribution is -0.384. The largest absolute Gasteiger partial charge is 0.445 e. The lowest BCUT2D eigenvalue weighted by Gasteiger charge is -2.18. The highest BCUT2D eigenvalue weighted by Gasteiger charge is 2.38. The number of anilines is 1.